The first-order valence-corrected chi connectivity index (χ1v) is 7.93. The van der Waals surface area contributed by atoms with Gasteiger partial charge in [-0.25, -0.2) is 4.79 Å². The number of amides is 2. The molecule has 0 spiro atoms. The number of hydrogen-bond donors (Lipinski definition) is 3. The number of piperidine rings is 1. The van der Waals surface area contributed by atoms with Crippen LogP contribution < -0.4 is 5.32 Å². The molecule has 1 aliphatic carbocycles. The molecule has 0 aromatic rings. The summed E-state index contributed by atoms with van der Waals surface area (Å²) in [5.41, 5.74) is 0. The molecule has 1 unspecified atom stereocenters. The molecular formula is C15H26N2O4. The van der Waals surface area contributed by atoms with Gasteiger partial charge in [0.2, 0.25) is 0 Å². The van der Waals surface area contributed by atoms with Crippen LogP contribution in [-0.2, 0) is 4.79 Å². The van der Waals surface area contributed by atoms with Crippen molar-refractivity contribution in [1.29, 1.82) is 0 Å². The molecule has 120 valence electrons. The van der Waals surface area contributed by atoms with E-state index in [2.05, 4.69) is 5.32 Å². The summed E-state index contributed by atoms with van der Waals surface area (Å²) < 4.78 is 0. The topological polar surface area (TPSA) is 89.9 Å². The van der Waals surface area contributed by atoms with Gasteiger partial charge in [0.15, 0.2) is 0 Å². The molecule has 2 fully saturated rings. The molecule has 1 atom stereocenters. The van der Waals surface area contributed by atoms with Crippen molar-refractivity contribution >= 4 is 12.0 Å². The molecular weight excluding hydrogens is 272 g/mol. The first-order chi connectivity index (χ1) is 9.97. The fourth-order valence-corrected chi connectivity index (χ4v) is 3.34. The summed E-state index contributed by atoms with van der Waals surface area (Å²) in [6.45, 7) is 3.18. The smallest absolute Gasteiger partial charge is 0.317 e. The van der Waals surface area contributed by atoms with E-state index in [1.807, 2.05) is 4.90 Å². The second kappa shape index (κ2) is 7.11. The number of hydrogen-bond acceptors (Lipinski definition) is 3. The number of aliphatic carboxylic acids is 1. The maximum atomic E-state index is 12.2. The number of carbonyl (C=O) groups is 2. The van der Waals surface area contributed by atoms with Gasteiger partial charge in [0.1, 0.15) is 0 Å². The minimum absolute atomic E-state index is 0.0437. The Labute approximate surface area is 125 Å². The zero-order chi connectivity index (χ0) is 15.4. The van der Waals surface area contributed by atoms with Gasteiger partial charge in [-0.2, -0.15) is 0 Å². The number of aliphatic hydroxyl groups is 1. The van der Waals surface area contributed by atoms with Crippen molar-refractivity contribution in [2.75, 3.05) is 13.1 Å². The molecule has 2 aliphatic rings. The van der Waals surface area contributed by atoms with Crippen LogP contribution in [0.2, 0.25) is 0 Å². The van der Waals surface area contributed by atoms with Gasteiger partial charge in [0.05, 0.1) is 12.0 Å². The van der Waals surface area contributed by atoms with Gasteiger partial charge in [0.25, 0.3) is 0 Å². The molecule has 0 aromatic heterocycles. The zero-order valence-electron chi connectivity index (χ0n) is 12.6. The maximum absolute atomic E-state index is 12.2. The molecule has 6 nitrogen and oxygen atoms in total. The summed E-state index contributed by atoms with van der Waals surface area (Å²) in [4.78, 5) is 24.9. The maximum Gasteiger partial charge on any atom is 0.317 e. The lowest BCUT2D eigenvalue weighted by molar-refractivity contribution is -0.142. The minimum Gasteiger partial charge on any atom is -0.481 e. The Morgan fingerprint density at radius 2 is 1.67 bits per heavy atom. The third-order valence-corrected chi connectivity index (χ3v) is 4.91. The van der Waals surface area contributed by atoms with Crippen molar-refractivity contribution in [2.45, 2.75) is 57.6 Å². The monoisotopic (exact) mass is 298 g/mol. The number of urea groups is 1. The lowest BCUT2D eigenvalue weighted by Crippen LogP contribution is -2.49. The normalized spacial score (nSPS) is 29.0. The third-order valence-electron chi connectivity index (χ3n) is 4.91. The molecule has 0 radical (unpaired) electrons. The van der Waals surface area contributed by atoms with E-state index in [-0.39, 0.29) is 24.1 Å². The Hall–Kier alpha value is -1.30. The quantitative estimate of drug-likeness (QED) is 0.735. The minimum atomic E-state index is -0.722. The summed E-state index contributed by atoms with van der Waals surface area (Å²) in [6, 6.07) is 0.0559. The van der Waals surface area contributed by atoms with Gasteiger partial charge in [-0.05, 0) is 51.4 Å². The van der Waals surface area contributed by atoms with Gasteiger partial charge in [-0.15, -0.1) is 0 Å². The summed E-state index contributed by atoms with van der Waals surface area (Å²) in [7, 11) is 0. The van der Waals surface area contributed by atoms with Crippen molar-refractivity contribution in [2.24, 2.45) is 11.8 Å². The van der Waals surface area contributed by atoms with E-state index in [4.69, 9.17) is 5.11 Å². The number of carbonyl (C=O) groups excluding carboxylic acids is 1. The number of nitrogens with one attached hydrogen (secondary N) is 1. The van der Waals surface area contributed by atoms with Gasteiger partial charge in [0, 0.05) is 19.1 Å². The molecule has 0 bridgehead atoms. The Morgan fingerprint density at radius 3 is 2.14 bits per heavy atom. The second-order valence-electron chi connectivity index (χ2n) is 6.40. The van der Waals surface area contributed by atoms with Crippen molar-refractivity contribution < 1.29 is 19.8 Å². The molecule has 3 N–H and O–H groups in total. The van der Waals surface area contributed by atoms with Gasteiger partial charge in [-0.1, -0.05) is 0 Å². The highest BCUT2D eigenvalue weighted by molar-refractivity contribution is 5.74. The molecule has 1 heterocycles. The highest BCUT2D eigenvalue weighted by Gasteiger charge is 2.29. The Balaban J connectivity index is 1.72. The number of nitrogens with zero attached hydrogens (tertiary/aromatic N) is 1. The van der Waals surface area contributed by atoms with E-state index in [0.29, 0.717) is 31.8 Å². The summed E-state index contributed by atoms with van der Waals surface area (Å²) in [5.74, 6) is -0.681. The third kappa shape index (κ3) is 4.33. The number of rotatable bonds is 3. The Kier molecular flexibility index (Phi) is 5.45. The number of likely N-dealkylation sites (tertiary alicyclic amines) is 1. The number of carboxylic acids is 1. The van der Waals surface area contributed by atoms with E-state index >= 15 is 0 Å². The SMILES string of the molecule is CC(O)C1CCN(C(=O)NC2CCC(C(=O)O)CC2)CC1. The van der Waals surface area contributed by atoms with Crippen molar-refractivity contribution in [3.05, 3.63) is 0 Å². The first kappa shape index (κ1) is 16.1. The summed E-state index contributed by atoms with van der Waals surface area (Å²) in [6.07, 6.45) is 4.16. The van der Waals surface area contributed by atoms with E-state index in [9.17, 15) is 14.7 Å². The highest BCUT2D eigenvalue weighted by Crippen LogP contribution is 2.25. The highest BCUT2D eigenvalue weighted by atomic mass is 16.4. The largest absolute Gasteiger partial charge is 0.481 e. The Morgan fingerprint density at radius 1 is 1.10 bits per heavy atom. The molecule has 2 amide bonds. The average molecular weight is 298 g/mol. The lowest BCUT2D eigenvalue weighted by atomic mass is 9.86. The molecule has 0 aromatic carbocycles. The van der Waals surface area contributed by atoms with Crippen molar-refractivity contribution in [1.82, 2.24) is 10.2 Å². The number of aliphatic hydroxyl groups excluding tert-OH is 1. The van der Waals surface area contributed by atoms with Gasteiger partial charge >= 0.3 is 12.0 Å². The van der Waals surface area contributed by atoms with E-state index in [1.54, 1.807) is 6.92 Å². The lowest BCUT2D eigenvalue weighted by Gasteiger charge is -2.35. The van der Waals surface area contributed by atoms with Crippen molar-refractivity contribution in [3.8, 4) is 0 Å². The Bertz CT molecular complexity index is 370. The summed E-state index contributed by atoms with van der Waals surface area (Å²) >= 11 is 0. The molecule has 1 saturated heterocycles. The van der Waals surface area contributed by atoms with Crippen LogP contribution in [0.15, 0.2) is 0 Å². The van der Waals surface area contributed by atoms with E-state index in [1.165, 1.54) is 0 Å². The first-order valence-electron chi connectivity index (χ1n) is 7.93. The molecule has 6 heteroatoms. The van der Waals surface area contributed by atoms with Crippen LogP contribution in [0, 0.1) is 11.8 Å². The average Bonchev–Trinajstić information content (AvgIpc) is 2.47. The van der Waals surface area contributed by atoms with E-state index < -0.39 is 5.97 Å². The fourth-order valence-electron chi connectivity index (χ4n) is 3.34. The van der Waals surface area contributed by atoms with Crippen LogP contribution in [0.25, 0.3) is 0 Å². The molecule has 1 aliphatic heterocycles. The van der Waals surface area contributed by atoms with Crippen LogP contribution in [0.3, 0.4) is 0 Å². The van der Waals surface area contributed by atoms with Crippen LogP contribution in [0.1, 0.15) is 45.4 Å². The van der Waals surface area contributed by atoms with Crippen molar-refractivity contribution in [3.63, 3.8) is 0 Å². The van der Waals surface area contributed by atoms with Crippen LogP contribution in [0.4, 0.5) is 4.79 Å². The van der Waals surface area contributed by atoms with Gasteiger partial charge in [-0.3, -0.25) is 4.79 Å². The predicted octanol–water partition coefficient (Wildman–Crippen LogP) is 1.43. The standard InChI is InChI=1S/C15H26N2O4/c1-10(18)11-6-8-17(9-7-11)15(21)16-13-4-2-12(3-5-13)14(19)20/h10-13,18H,2-9H2,1H3,(H,16,21)(H,19,20). The van der Waals surface area contributed by atoms with E-state index in [0.717, 1.165) is 25.7 Å². The summed E-state index contributed by atoms with van der Waals surface area (Å²) in [5, 5.41) is 21.6. The molecule has 2 rings (SSSR count). The molecule has 1 saturated carbocycles. The fraction of sp³-hybridized carbons (Fsp3) is 0.867. The van der Waals surface area contributed by atoms with Crippen LogP contribution in [-0.4, -0.2) is 52.3 Å². The zero-order valence-corrected chi connectivity index (χ0v) is 12.6. The predicted molar refractivity (Wildman–Crippen MR) is 77.9 cm³/mol. The second-order valence-corrected chi connectivity index (χ2v) is 6.40. The van der Waals surface area contributed by atoms with Crippen LogP contribution >= 0.6 is 0 Å². The van der Waals surface area contributed by atoms with Crippen LogP contribution in [0.5, 0.6) is 0 Å². The molecule has 21 heavy (non-hydrogen) atoms. The van der Waals surface area contributed by atoms with Gasteiger partial charge < -0.3 is 20.4 Å². The number of carboxylic acid groups (broad SMARTS) is 1.